The van der Waals surface area contributed by atoms with Gasteiger partial charge in [-0.1, -0.05) is 144 Å². The fraction of sp³-hybridized carbons (Fsp3) is 0.652. The first-order chi connectivity index (χ1) is 30.6. The van der Waals surface area contributed by atoms with Gasteiger partial charge in [0.1, 0.15) is 12.7 Å². The maximum atomic E-state index is 12.7. The Morgan fingerprint density at radius 3 is 1.72 bits per heavy atom. The van der Waals surface area contributed by atoms with Crippen LogP contribution in [-0.2, 0) is 41.8 Å². The number of phosphoric acid groups is 2. The third-order valence-corrected chi connectivity index (χ3v) is 10.5. The van der Waals surface area contributed by atoms with E-state index < -0.39 is 84.5 Å². The number of allylic oxidation sites excluding steroid dienone is 12. The van der Waals surface area contributed by atoms with Crippen molar-refractivity contribution in [2.75, 3.05) is 26.4 Å². The number of ether oxygens (including phenoxy) is 2. The highest BCUT2D eigenvalue weighted by Crippen LogP contribution is 2.43. The third kappa shape index (κ3) is 41.9. The zero-order valence-electron chi connectivity index (χ0n) is 37.9. The van der Waals surface area contributed by atoms with Gasteiger partial charge in [-0.3, -0.25) is 23.2 Å². The monoisotopic (exact) mass is 948 g/mol. The highest BCUT2D eigenvalue weighted by atomic mass is 31.2. The van der Waals surface area contributed by atoms with E-state index in [1.165, 1.54) is 25.3 Å². The van der Waals surface area contributed by atoms with Crippen LogP contribution in [-0.4, -0.2) is 104 Å². The Balaban J connectivity index is 4.87. The predicted octanol–water partition coefficient (Wildman–Crippen LogP) is 8.47. The average molecular weight is 949 g/mol. The van der Waals surface area contributed by atoms with Crippen LogP contribution in [0.1, 0.15) is 136 Å². The molecule has 16 nitrogen and oxygen atoms in total. The zero-order valence-corrected chi connectivity index (χ0v) is 39.7. The Labute approximate surface area is 381 Å². The Hall–Kier alpha value is -2.82. The first-order valence-corrected chi connectivity index (χ1v) is 25.6. The smallest absolute Gasteiger partial charge is 0.462 e. The van der Waals surface area contributed by atoms with Crippen molar-refractivity contribution < 1.29 is 76.9 Å². The molecule has 0 heterocycles. The summed E-state index contributed by atoms with van der Waals surface area (Å²) in [5, 5.41) is 40.2. The van der Waals surface area contributed by atoms with Crippen molar-refractivity contribution in [3.63, 3.8) is 0 Å². The van der Waals surface area contributed by atoms with Gasteiger partial charge in [-0.15, -0.1) is 0 Å². The summed E-state index contributed by atoms with van der Waals surface area (Å²) in [4.78, 5) is 52.8. The summed E-state index contributed by atoms with van der Waals surface area (Å²) in [7, 11) is -9.81. The number of aliphatic hydroxyl groups is 4. The molecule has 0 saturated carbocycles. The average Bonchev–Trinajstić information content (AvgIpc) is 3.24. The van der Waals surface area contributed by atoms with Gasteiger partial charge in [-0.05, 0) is 64.2 Å². The second kappa shape index (κ2) is 40.5. The molecule has 0 rings (SSSR count). The molecule has 0 fully saturated rings. The summed E-state index contributed by atoms with van der Waals surface area (Å²) in [5.74, 6) is -1.39. The number of esters is 2. The van der Waals surface area contributed by atoms with Gasteiger partial charge in [0.05, 0.1) is 38.1 Å². The van der Waals surface area contributed by atoms with E-state index in [0.29, 0.717) is 6.42 Å². The lowest BCUT2D eigenvalue weighted by Gasteiger charge is -2.20. The minimum atomic E-state index is -4.91. The van der Waals surface area contributed by atoms with Crippen LogP contribution in [0, 0.1) is 0 Å². The highest BCUT2D eigenvalue weighted by Gasteiger charge is 2.28. The molecule has 0 aromatic heterocycles. The lowest BCUT2D eigenvalue weighted by molar-refractivity contribution is -0.161. The topological polar surface area (TPSA) is 256 Å². The van der Waals surface area contributed by atoms with Crippen molar-refractivity contribution >= 4 is 27.6 Å². The van der Waals surface area contributed by atoms with Gasteiger partial charge in [-0.25, -0.2) is 9.13 Å². The molecule has 368 valence electrons. The second-order valence-electron chi connectivity index (χ2n) is 15.2. The number of rotatable bonds is 41. The normalized spacial score (nSPS) is 16.2. The Morgan fingerprint density at radius 2 is 1.08 bits per heavy atom. The summed E-state index contributed by atoms with van der Waals surface area (Å²) in [6.07, 6.45) is 35.1. The molecule has 1 unspecified atom stereocenters. The van der Waals surface area contributed by atoms with E-state index in [4.69, 9.17) is 23.8 Å². The van der Waals surface area contributed by atoms with Crippen LogP contribution in [0.2, 0.25) is 0 Å². The van der Waals surface area contributed by atoms with E-state index in [2.05, 4.69) is 59.4 Å². The molecule has 6 atom stereocenters. The fourth-order valence-corrected chi connectivity index (χ4v) is 6.66. The molecular formula is C46H78O16P2. The van der Waals surface area contributed by atoms with E-state index in [0.717, 1.165) is 70.6 Å². The van der Waals surface area contributed by atoms with Gasteiger partial charge in [0.25, 0.3) is 0 Å². The number of carbonyl (C=O) groups excluding carboxylic acids is 2. The van der Waals surface area contributed by atoms with E-state index >= 15 is 0 Å². The van der Waals surface area contributed by atoms with Crippen LogP contribution in [0.4, 0.5) is 0 Å². The van der Waals surface area contributed by atoms with Crippen molar-refractivity contribution in [1.82, 2.24) is 0 Å². The Bertz CT molecular complexity index is 1500. The Morgan fingerprint density at radius 1 is 0.547 bits per heavy atom. The Kier molecular flexibility index (Phi) is 38.7. The molecule has 0 aliphatic rings. The summed E-state index contributed by atoms with van der Waals surface area (Å²) in [5.41, 5.74) is 0. The number of unbranched alkanes of at least 4 members (excludes halogenated alkanes) is 9. The van der Waals surface area contributed by atoms with Crippen molar-refractivity contribution in [2.24, 2.45) is 0 Å². The molecule has 18 heteroatoms. The van der Waals surface area contributed by atoms with Gasteiger partial charge < -0.3 is 44.6 Å². The summed E-state index contributed by atoms with van der Waals surface area (Å²) in [6, 6.07) is 0. The van der Waals surface area contributed by atoms with Crippen molar-refractivity contribution in [3.05, 3.63) is 85.1 Å². The maximum Gasteiger partial charge on any atom is 0.472 e. The minimum Gasteiger partial charge on any atom is -0.462 e. The molecule has 0 bridgehead atoms. The quantitative estimate of drug-likeness (QED) is 0.00997. The molecule has 64 heavy (non-hydrogen) atoms. The van der Waals surface area contributed by atoms with Gasteiger partial charge in [0.2, 0.25) is 0 Å². The SMILES string of the molecule is CCCCC/C=C\C/C=C\C/C=C\CCCCCCC(=O)O[C@H](COC(=O)CCC[C@@H](O)[C@H](O)/C=C/C=C/C=C\C=C\[C@H](O)CCCCC)COP(=O)(O)OC[C@@H](O)COP(=O)(O)O. The van der Waals surface area contributed by atoms with Crippen LogP contribution in [0.5, 0.6) is 0 Å². The maximum absolute atomic E-state index is 12.7. The minimum absolute atomic E-state index is 0.0277. The molecule has 0 aromatic carbocycles. The van der Waals surface area contributed by atoms with Crippen LogP contribution in [0.25, 0.3) is 0 Å². The molecule has 0 saturated heterocycles. The van der Waals surface area contributed by atoms with Crippen molar-refractivity contribution in [1.29, 1.82) is 0 Å². The van der Waals surface area contributed by atoms with Crippen molar-refractivity contribution in [2.45, 2.75) is 166 Å². The second-order valence-corrected chi connectivity index (χ2v) is 17.9. The van der Waals surface area contributed by atoms with E-state index in [-0.39, 0.29) is 25.7 Å². The lowest BCUT2D eigenvalue weighted by atomic mass is 10.1. The predicted molar refractivity (Wildman–Crippen MR) is 248 cm³/mol. The molecule has 7 N–H and O–H groups in total. The van der Waals surface area contributed by atoms with Gasteiger partial charge >= 0.3 is 27.6 Å². The number of phosphoric ester groups is 2. The molecule has 0 radical (unpaired) electrons. The van der Waals surface area contributed by atoms with Gasteiger partial charge in [-0.2, -0.15) is 0 Å². The van der Waals surface area contributed by atoms with Crippen molar-refractivity contribution in [3.8, 4) is 0 Å². The van der Waals surface area contributed by atoms with Crippen LogP contribution >= 0.6 is 15.6 Å². The summed E-state index contributed by atoms with van der Waals surface area (Å²) < 4.78 is 47.5. The zero-order chi connectivity index (χ0) is 47.7. The number of carbonyl (C=O) groups is 2. The fourth-order valence-electron chi connectivity index (χ4n) is 5.50. The van der Waals surface area contributed by atoms with E-state index in [1.54, 1.807) is 42.5 Å². The molecule has 0 spiro atoms. The van der Waals surface area contributed by atoms with E-state index in [1.807, 2.05) is 0 Å². The van der Waals surface area contributed by atoms with E-state index in [9.17, 15) is 44.0 Å². The first-order valence-electron chi connectivity index (χ1n) is 22.6. The van der Waals surface area contributed by atoms with Gasteiger partial charge in [0, 0.05) is 12.8 Å². The molecule has 0 amide bonds. The number of aliphatic hydroxyl groups excluding tert-OH is 4. The first kappa shape index (κ1) is 61.2. The molecule has 0 aliphatic carbocycles. The molecular weight excluding hydrogens is 870 g/mol. The lowest BCUT2D eigenvalue weighted by Crippen LogP contribution is -2.30. The number of hydrogen-bond acceptors (Lipinski definition) is 13. The third-order valence-electron chi connectivity index (χ3n) is 9.11. The molecule has 0 aromatic rings. The largest absolute Gasteiger partial charge is 0.472 e. The summed E-state index contributed by atoms with van der Waals surface area (Å²) in [6.45, 7) is 1.20. The van der Waals surface area contributed by atoms with Crippen LogP contribution in [0.15, 0.2) is 85.1 Å². The van der Waals surface area contributed by atoms with Crippen LogP contribution < -0.4 is 0 Å². The summed E-state index contributed by atoms with van der Waals surface area (Å²) >= 11 is 0. The van der Waals surface area contributed by atoms with Crippen LogP contribution in [0.3, 0.4) is 0 Å². The number of hydrogen-bond donors (Lipinski definition) is 7. The highest BCUT2D eigenvalue weighted by molar-refractivity contribution is 7.47. The standard InChI is InChI=1S/C46H78O16P2/c1-3-5-7-8-9-10-11-12-13-14-15-16-17-18-19-24-28-34-46(52)62-42(39-61-64(56,57)60-37-41(48)36-59-63(53,54)55)38-58-45(51)35-29-33-44(50)43(49)32-27-23-21-20-22-26-31-40(47)30-25-6-4-2/h9-10,12-13,15-16,20-23,26-27,31-32,40-44,47-50H,3-8,11,14,17-19,24-25,28-30,33-39H2,1-2H3,(H,56,57)(H2,53,54,55)/b10-9-,13-12-,16-15-,22-20-,23-21+,31-26+,32-27+/t40-,41+,42-,43-,44-/m1/s1. The molecule has 0 aliphatic heterocycles. The van der Waals surface area contributed by atoms with Gasteiger partial charge in [0.15, 0.2) is 6.10 Å².